The molecule has 3 atom stereocenters. The van der Waals surface area contributed by atoms with E-state index in [4.69, 9.17) is 30.4 Å². The van der Waals surface area contributed by atoms with Crippen molar-refractivity contribution in [2.24, 2.45) is 5.73 Å². The average Bonchev–Trinajstić information content (AvgIpc) is 2.65. The van der Waals surface area contributed by atoms with Crippen molar-refractivity contribution < 1.29 is 23.5 Å². The van der Waals surface area contributed by atoms with Crippen molar-refractivity contribution in [3.8, 4) is 11.8 Å². The third-order valence-corrected chi connectivity index (χ3v) is 5.56. The number of anilines is 1. The number of aromatic nitrogens is 2. The Morgan fingerprint density at radius 2 is 2.25 bits per heavy atom. The van der Waals surface area contributed by atoms with Crippen LogP contribution in [0.3, 0.4) is 0 Å². The van der Waals surface area contributed by atoms with E-state index in [2.05, 4.69) is 16.8 Å². The molecule has 0 aliphatic heterocycles. The molecule has 158 valence electrons. The summed E-state index contributed by atoms with van der Waals surface area (Å²) in [6.45, 7) is 3.13. The van der Waals surface area contributed by atoms with Gasteiger partial charge in [-0.15, -0.1) is 0 Å². The Labute approximate surface area is 172 Å². The van der Waals surface area contributed by atoms with Gasteiger partial charge in [-0.3, -0.25) is 9.13 Å². The zero-order valence-corrected chi connectivity index (χ0v) is 18.5. The van der Waals surface area contributed by atoms with Crippen molar-refractivity contribution >= 4 is 35.7 Å². The molecule has 0 aliphatic carbocycles. The topological polar surface area (TPSA) is 152 Å². The van der Waals surface area contributed by atoms with Crippen LogP contribution in [0.4, 0.5) is 5.82 Å². The van der Waals surface area contributed by atoms with Crippen LogP contribution in [0, 0.1) is 11.8 Å². The summed E-state index contributed by atoms with van der Waals surface area (Å²) in [5, 5.41) is 0. The van der Waals surface area contributed by atoms with E-state index in [1.54, 1.807) is 24.6 Å². The van der Waals surface area contributed by atoms with Crippen LogP contribution in [0.25, 0.3) is 0 Å². The Bertz CT molecular complexity index is 784. The molecule has 0 bridgehead atoms. The lowest BCUT2D eigenvalue weighted by Crippen LogP contribution is -2.46. The number of nitrogen functional groups attached to an aromatic ring is 1. The first-order valence-electron chi connectivity index (χ1n) is 8.06. The van der Waals surface area contributed by atoms with Gasteiger partial charge in [-0.1, -0.05) is 33.4 Å². The van der Waals surface area contributed by atoms with Crippen LogP contribution in [0.2, 0.25) is 0 Å². The monoisotopic (exact) mass is 452 g/mol. The normalized spacial score (nSPS) is 15.3. The molecule has 1 aromatic heterocycles. The molecule has 5 N–H and O–H groups in total. The number of hydrogen-bond donors (Lipinski definition) is 3. The van der Waals surface area contributed by atoms with Crippen molar-refractivity contribution in [3.05, 3.63) is 22.2 Å². The molecule has 3 unspecified atom stereocenters. The van der Waals surface area contributed by atoms with E-state index in [1.165, 1.54) is 21.6 Å². The van der Waals surface area contributed by atoms with Gasteiger partial charge in [-0.2, -0.15) is 4.98 Å². The molecule has 0 radical (unpaired) electrons. The highest BCUT2D eigenvalue weighted by atomic mass is 33.1. The summed E-state index contributed by atoms with van der Waals surface area (Å²) >= 11 is 0. The van der Waals surface area contributed by atoms with Gasteiger partial charge >= 0.3 is 13.9 Å². The maximum absolute atomic E-state index is 12.1. The molecule has 1 rings (SSSR count). The largest absolute Gasteiger partial charge is 0.382 e. The van der Waals surface area contributed by atoms with Gasteiger partial charge in [0.1, 0.15) is 24.1 Å². The molecular weight excluding hydrogens is 427 g/mol. The second-order valence-corrected chi connectivity index (χ2v) is 8.98. The first-order valence-corrected chi connectivity index (χ1v) is 12.1. The second-order valence-electron chi connectivity index (χ2n) is 5.65. The average molecular weight is 452 g/mol. The predicted octanol–water partition coefficient (Wildman–Crippen LogP) is 0.641. The minimum atomic E-state index is -3.16. The van der Waals surface area contributed by atoms with Crippen LogP contribution < -0.4 is 17.2 Å². The molecule has 1 aromatic rings. The highest BCUT2D eigenvalue weighted by Gasteiger charge is 2.34. The van der Waals surface area contributed by atoms with Gasteiger partial charge in [0, 0.05) is 6.20 Å². The molecule has 0 saturated heterocycles. The van der Waals surface area contributed by atoms with Crippen LogP contribution in [0.1, 0.15) is 19.4 Å². The Morgan fingerprint density at radius 1 is 1.54 bits per heavy atom. The van der Waals surface area contributed by atoms with Crippen molar-refractivity contribution in [2.75, 3.05) is 31.1 Å². The Balaban J connectivity index is 3.00. The molecule has 28 heavy (non-hydrogen) atoms. The number of hydrogen-bond acceptors (Lipinski definition) is 10. The van der Waals surface area contributed by atoms with Crippen molar-refractivity contribution in [1.82, 2.24) is 9.55 Å². The van der Waals surface area contributed by atoms with Gasteiger partial charge in [0.2, 0.25) is 0 Å². The number of ether oxygens (including phenoxy) is 2. The third kappa shape index (κ3) is 8.14. The van der Waals surface area contributed by atoms with Gasteiger partial charge in [-0.25, -0.2) is 4.79 Å². The van der Waals surface area contributed by atoms with Crippen LogP contribution in [0.5, 0.6) is 0 Å². The predicted molar refractivity (Wildman–Crippen MR) is 112 cm³/mol. The van der Waals surface area contributed by atoms with E-state index in [0.29, 0.717) is 11.5 Å². The van der Waals surface area contributed by atoms with Gasteiger partial charge < -0.3 is 30.4 Å². The quantitative estimate of drug-likeness (QED) is 0.143. The summed E-state index contributed by atoms with van der Waals surface area (Å²) in [4.78, 5) is 24.8. The first-order chi connectivity index (χ1) is 13.2. The molecule has 0 aromatic carbocycles. The molecule has 0 aliphatic rings. The molecule has 0 spiro atoms. The molecule has 0 saturated carbocycles. The van der Waals surface area contributed by atoms with Crippen LogP contribution in [-0.2, 0) is 25.3 Å². The van der Waals surface area contributed by atoms with E-state index in [9.17, 15) is 9.36 Å². The Kier molecular flexibility index (Phi) is 11.2. The maximum Gasteiger partial charge on any atom is 0.351 e. The fourth-order valence-corrected chi connectivity index (χ4v) is 3.11. The summed E-state index contributed by atoms with van der Waals surface area (Å²) in [6.07, 6.45) is 2.84. The maximum atomic E-state index is 12.1. The number of rotatable bonds is 11. The second kappa shape index (κ2) is 12.5. The van der Waals surface area contributed by atoms with Crippen LogP contribution >= 0.6 is 29.8 Å². The minimum Gasteiger partial charge on any atom is -0.382 e. The highest BCUT2D eigenvalue weighted by molar-refractivity contribution is 8.76. The molecule has 1 heterocycles. The smallest absolute Gasteiger partial charge is 0.351 e. The van der Waals surface area contributed by atoms with Crippen molar-refractivity contribution in [2.45, 2.75) is 32.3 Å². The summed E-state index contributed by atoms with van der Waals surface area (Å²) < 4.78 is 28.6. The van der Waals surface area contributed by atoms with Gasteiger partial charge in [0.25, 0.3) is 0 Å². The zero-order chi connectivity index (χ0) is 21.2. The lowest BCUT2D eigenvalue weighted by atomic mass is 10.0. The summed E-state index contributed by atoms with van der Waals surface area (Å²) in [5.74, 6) is 5.76. The third-order valence-electron chi connectivity index (χ3n) is 3.71. The minimum absolute atomic E-state index is 0.00189. The fraction of sp³-hybridized carbons (Fsp3) is 0.600. The van der Waals surface area contributed by atoms with Crippen molar-refractivity contribution in [1.29, 1.82) is 0 Å². The Hall–Kier alpha value is -1.03. The van der Waals surface area contributed by atoms with E-state index in [0.717, 1.165) is 0 Å². The Morgan fingerprint density at radius 3 is 2.86 bits per heavy atom. The SMILES string of the molecule is CSSCOC(C)C(C)(CO[PH](=O)O)OCn1cc(C#CCN)c(N)nc1=O. The molecule has 0 fully saturated rings. The molecule has 13 heteroatoms. The first kappa shape index (κ1) is 25.0. The van der Waals surface area contributed by atoms with E-state index in [1.807, 2.05) is 6.26 Å². The number of nitrogens with two attached hydrogens (primary N) is 2. The van der Waals surface area contributed by atoms with Crippen molar-refractivity contribution in [3.63, 3.8) is 0 Å². The molecular formula is C15H25N4O6PS2. The lowest BCUT2D eigenvalue weighted by Gasteiger charge is -2.34. The van der Waals surface area contributed by atoms with E-state index in [-0.39, 0.29) is 25.7 Å². The van der Waals surface area contributed by atoms with E-state index >= 15 is 0 Å². The molecule has 0 amide bonds. The fourth-order valence-electron chi connectivity index (χ4n) is 1.89. The molecule has 10 nitrogen and oxygen atoms in total. The lowest BCUT2D eigenvalue weighted by molar-refractivity contribution is -0.160. The summed E-state index contributed by atoms with van der Waals surface area (Å²) in [6, 6.07) is 0. The van der Waals surface area contributed by atoms with Gasteiger partial charge in [0.15, 0.2) is 0 Å². The van der Waals surface area contributed by atoms with Crippen LogP contribution in [0.15, 0.2) is 11.0 Å². The summed E-state index contributed by atoms with van der Waals surface area (Å²) in [7, 11) is -0.125. The van der Waals surface area contributed by atoms with Gasteiger partial charge in [-0.05, 0) is 20.1 Å². The zero-order valence-electron chi connectivity index (χ0n) is 15.8. The number of nitrogens with zero attached hydrogens (tertiary/aromatic N) is 2. The summed E-state index contributed by atoms with van der Waals surface area (Å²) in [5.41, 5.74) is 9.66. The van der Waals surface area contributed by atoms with E-state index < -0.39 is 25.6 Å². The highest BCUT2D eigenvalue weighted by Crippen LogP contribution is 2.27. The van der Waals surface area contributed by atoms with Gasteiger partial charge in [0.05, 0.1) is 24.8 Å². The van der Waals surface area contributed by atoms with Crippen LogP contribution in [-0.4, -0.2) is 51.5 Å². The standard InChI is InChI=1S/C15H25N4O6PS2/c1-11(23-10-28-27-3)15(2,8-25-26(21)22)24-9-19-7-12(5-4-6-16)13(17)18-14(19)20/h7,11,26H,6,8-10,16H2,1-3H3,(H,21,22)(H2,17,18,20).